The summed E-state index contributed by atoms with van der Waals surface area (Å²) in [5.41, 5.74) is 0.858. The Balaban J connectivity index is 1.73. The molecular weight excluding hydrogens is 438 g/mol. The number of hydrogen-bond acceptors (Lipinski definition) is 6. The van der Waals surface area contributed by atoms with E-state index in [2.05, 4.69) is 15.2 Å². The minimum absolute atomic E-state index is 0.242. The van der Waals surface area contributed by atoms with E-state index in [0.717, 1.165) is 36.6 Å². The minimum atomic E-state index is -0.519. The van der Waals surface area contributed by atoms with Gasteiger partial charge in [-0.1, -0.05) is 35.9 Å². The summed E-state index contributed by atoms with van der Waals surface area (Å²) >= 11 is 7.43. The average molecular weight is 462 g/mol. The maximum atomic E-state index is 13.1. The second-order valence-electron chi connectivity index (χ2n) is 7.68. The molecule has 8 nitrogen and oxygen atoms in total. The highest BCUT2D eigenvalue weighted by atomic mass is 35.5. The number of fused-ring (bicyclic) bond motifs is 1. The Bertz CT molecular complexity index is 1260. The molecule has 0 bridgehead atoms. The molecule has 1 aliphatic heterocycles. The number of aryl methyl sites for hydroxylation is 1. The number of rotatable bonds is 6. The number of carbonyl (C=O) groups excluding carboxylic acids is 1. The Kier molecular flexibility index (Phi) is 6.15. The van der Waals surface area contributed by atoms with Gasteiger partial charge in [0.05, 0.1) is 0 Å². The summed E-state index contributed by atoms with van der Waals surface area (Å²) in [5, 5.41) is 4.04. The monoisotopic (exact) mass is 461 g/mol. The van der Waals surface area contributed by atoms with E-state index in [1.165, 1.54) is 20.5 Å². The zero-order valence-corrected chi connectivity index (χ0v) is 19.1. The summed E-state index contributed by atoms with van der Waals surface area (Å²) in [4.78, 5) is 45.5. The van der Waals surface area contributed by atoms with Gasteiger partial charge in [0.1, 0.15) is 11.2 Å². The first-order valence-corrected chi connectivity index (χ1v) is 11.5. The fraction of sp³-hybridized carbons (Fsp3) is 0.429. The number of amides is 1. The van der Waals surface area contributed by atoms with Crippen LogP contribution in [0.2, 0.25) is 5.02 Å². The molecule has 164 valence electrons. The molecule has 0 aliphatic carbocycles. The van der Waals surface area contributed by atoms with Gasteiger partial charge in [0, 0.05) is 30.3 Å². The largest absolute Gasteiger partial charge is 0.348 e. The smallest absolute Gasteiger partial charge is 0.333 e. The molecule has 0 saturated carbocycles. The van der Waals surface area contributed by atoms with Crippen LogP contribution in [0.4, 0.5) is 10.8 Å². The van der Waals surface area contributed by atoms with E-state index in [1.54, 1.807) is 12.1 Å². The summed E-state index contributed by atoms with van der Waals surface area (Å²) in [6, 6.07) is 5.23. The molecule has 0 atom stereocenters. The van der Waals surface area contributed by atoms with Crippen molar-refractivity contribution in [2.45, 2.75) is 46.2 Å². The highest BCUT2D eigenvalue weighted by Crippen LogP contribution is 2.28. The predicted molar refractivity (Wildman–Crippen MR) is 125 cm³/mol. The van der Waals surface area contributed by atoms with Gasteiger partial charge in [0.2, 0.25) is 5.91 Å². The lowest BCUT2D eigenvalue weighted by atomic mass is 10.2. The van der Waals surface area contributed by atoms with Crippen LogP contribution in [0.15, 0.2) is 27.8 Å². The van der Waals surface area contributed by atoms with E-state index in [4.69, 9.17) is 11.6 Å². The molecule has 2 aromatic heterocycles. The molecule has 0 radical (unpaired) electrons. The zero-order valence-electron chi connectivity index (χ0n) is 17.5. The minimum Gasteiger partial charge on any atom is -0.348 e. The second-order valence-corrected chi connectivity index (χ2v) is 9.07. The first-order chi connectivity index (χ1) is 14.9. The molecule has 1 N–H and O–H groups in total. The third-order valence-corrected chi connectivity index (χ3v) is 6.84. The SMILES string of the molecule is CCCn1c(=O)c2sc(N3CCCC3)nc2n(CC(=O)Nc2ccc(C)c(Cl)c2)c1=O. The lowest BCUT2D eigenvalue weighted by Gasteiger charge is -2.12. The van der Waals surface area contributed by atoms with Crippen LogP contribution in [0.1, 0.15) is 31.7 Å². The fourth-order valence-corrected chi connectivity index (χ4v) is 4.94. The van der Waals surface area contributed by atoms with Crippen molar-refractivity contribution in [3.8, 4) is 0 Å². The molecule has 1 fully saturated rings. The maximum absolute atomic E-state index is 13.1. The Morgan fingerprint density at radius 3 is 2.65 bits per heavy atom. The number of hydrogen-bond donors (Lipinski definition) is 1. The summed E-state index contributed by atoms with van der Waals surface area (Å²) in [5.74, 6) is -0.388. The van der Waals surface area contributed by atoms with Gasteiger partial charge in [-0.15, -0.1) is 0 Å². The van der Waals surface area contributed by atoms with Crippen LogP contribution in [0, 0.1) is 6.92 Å². The number of carbonyl (C=O) groups is 1. The number of nitrogens with zero attached hydrogens (tertiary/aromatic N) is 4. The zero-order chi connectivity index (χ0) is 22.1. The van der Waals surface area contributed by atoms with Crippen LogP contribution in [-0.2, 0) is 17.9 Å². The number of nitrogens with one attached hydrogen (secondary N) is 1. The summed E-state index contributed by atoms with van der Waals surface area (Å²) in [6.07, 6.45) is 2.78. The highest BCUT2D eigenvalue weighted by Gasteiger charge is 2.23. The Morgan fingerprint density at radius 1 is 1.23 bits per heavy atom. The molecule has 1 saturated heterocycles. The van der Waals surface area contributed by atoms with Crippen LogP contribution in [0.5, 0.6) is 0 Å². The van der Waals surface area contributed by atoms with Crippen LogP contribution < -0.4 is 21.5 Å². The van der Waals surface area contributed by atoms with Crippen molar-refractivity contribution in [2.24, 2.45) is 0 Å². The highest BCUT2D eigenvalue weighted by molar-refractivity contribution is 7.22. The van der Waals surface area contributed by atoms with E-state index in [-0.39, 0.29) is 23.7 Å². The van der Waals surface area contributed by atoms with Crippen molar-refractivity contribution in [3.05, 3.63) is 49.6 Å². The van der Waals surface area contributed by atoms with Crippen LogP contribution in [-0.4, -0.2) is 33.1 Å². The normalized spacial score (nSPS) is 13.8. The molecule has 1 aliphatic rings. The van der Waals surface area contributed by atoms with E-state index in [0.29, 0.717) is 28.4 Å². The van der Waals surface area contributed by atoms with Gasteiger partial charge < -0.3 is 10.2 Å². The summed E-state index contributed by atoms with van der Waals surface area (Å²) < 4.78 is 2.90. The van der Waals surface area contributed by atoms with Crippen molar-refractivity contribution in [1.29, 1.82) is 0 Å². The van der Waals surface area contributed by atoms with Crippen molar-refractivity contribution in [3.63, 3.8) is 0 Å². The standard InChI is InChI=1S/C21H24ClN5O3S/c1-3-8-26-19(29)17-18(24-20(31-17)25-9-4-5-10-25)27(21(26)30)12-16(28)23-14-7-6-13(2)15(22)11-14/h6-7,11H,3-5,8-10,12H2,1-2H3,(H,23,28). The van der Waals surface area contributed by atoms with Crippen molar-refractivity contribution >= 4 is 50.0 Å². The van der Waals surface area contributed by atoms with Crippen LogP contribution >= 0.6 is 22.9 Å². The van der Waals surface area contributed by atoms with Crippen molar-refractivity contribution in [2.75, 3.05) is 23.3 Å². The van der Waals surface area contributed by atoms with E-state index >= 15 is 0 Å². The Labute approximate surface area is 188 Å². The van der Waals surface area contributed by atoms with Gasteiger partial charge in [-0.25, -0.2) is 9.78 Å². The number of halogens is 1. The lowest BCUT2D eigenvalue weighted by Crippen LogP contribution is -2.41. The lowest BCUT2D eigenvalue weighted by molar-refractivity contribution is -0.116. The first-order valence-electron chi connectivity index (χ1n) is 10.3. The van der Waals surface area contributed by atoms with Crippen molar-refractivity contribution < 1.29 is 4.79 Å². The Morgan fingerprint density at radius 2 is 1.97 bits per heavy atom. The molecular formula is C21H24ClN5O3S. The fourth-order valence-electron chi connectivity index (χ4n) is 3.69. The van der Waals surface area contributed by atoms with Gasteiger partial charge in [0.15, 0.2) is 10.8 Å². The topological polar surface area (TPSA) is 89.2 Å². The number of thiazole rings is 1. The third kappa shape index (κ3) is 4.24. The van der Waals surface area contributed by atoms with E-state index in [9.17, 15) is 14.4 Å². The Hall–Kier alpha value is -2.65. The van der Waals surface area contributed by atoms with Gasteiger partial charge in [0.25, 0.3) is 5.56 Å². The molecule has 0 unspecified atom stereocenters. The molecule has 3 heterocycles. The molecule has 10 heteroatoms. The number of anilines is 2. The summed E-state index contributed by atoms with van der Waals surface area (Å²) in [6.45, 7) is 5.58. The molecule has 1 amide bonds. The van der Waals surface area contributed by atoms with Crippen LogP contribution in [0.3, 0.4) is 0 Å². The van der Waals surface area contributed by atoms with Crippen LogP contribution in [0.25, 0.3) is 10.3 Å². The van der Waals surface area contributed by atoms with Gasteiger partial charge in [-0.3, -0.25) is 18.7 Å². The van der Waals surface area contributed by atoms with E-state index < -0.39 is 5.69 Å². The van der Waals surface area contributed by atoms with Gasteiger partial charge in [-0.2, -0.15) is 0 Å². The molecule has 4 rings (SSSR count). The number of aromatic nitrogens is 3. The number of benzene rings is 1. The molecule has 1 aromatic carbocycles. The first kappa shape index (κ1) is 21.6. The summed E-state index contributed by atoms with van der Waals surface area (Å²) in [7, 11) is 0. The average Bonchev–Trinajstić information content (AvgIpc) is 3.41. The maximum Gasteiger partial charge on any atom is 0.333 e. The molecule has 3 aromatic rings. The third-order valence-electron chi connectivity index (χ3n) is 5.34. The van der Waals surface area contributed by atoms with Crippen molar-refractivity contribution in [1.82, 2.24) is 14.1 Å². The quantitative estimate of drug-likeness (QED) is 0.608. The molecule has 0 spiro atoms. The predicted octanol–water partition coefficient (Wildman–Crippen LogP) is 3.23. The second kappa shape index (κ2) is 8.84. The van der Waals surface area contributed by atoms with Gasteiger partial charge >= 0.3 is 5.69 Å². The molecule has 31 heavy (non-hydrogen) atoms. The van der Waals surface area contributed by atoms with Gasteiger partial charge in [-0.05, 0) is 43.9 Å². The van der Waals surface area contributed by atoms with E-state index in [1.807, 2.05) is 19.9 Å².